The van der Waals surface area contributed by atoms with Gasteiger partial charge >= 0.3 is 0 Å². The molecule has 0 spiro atoms. The molecular weight excluding hydrogens is 156 g/mol. The van der Waals surface area contributed by atoms with E-state index in [9.17, 15) is 4.21 Å². The molecule has 1 unspecified atom stereocenters. The van der Waals surface area contributed by atoms with Crippen molar-refractivity contribution >= 4 is 22.3 Å². The lowest BCUT2D eigenvalue weighted by Crippen LogP contribution is -1.94. The Kier molecular flexibility index (Phi) is 2.29. The molecule has 0 saturated carbocycles. The zero-order valence-corrected chi connectivity index (χ0v) is 6.54. The first-order valence-corrected chi connectivity index (χ1v) is 4.65. The number of hydrogen-bond donors (Lipinski definition) is 0. The van der Waals surface area contributed by atoms with Crippen molar-refractivity contribution in [2.45, 2.75) is 12.1 Å². The summed E-state index contributed by atoms with van der Waals surface area (Å²) in [6, 6.07) is 0. The van der Waals surface area contributed by atoms with Crippen LogP contribution in [0.2, 0.25) is 0 Å². The van der Waals surface area contributed by atoms with Crippen molar-refractivity contribution in [3.05, 3.63) is 5.51 Å². The van der Waals surface area contributed by atoms with Gasteiger partial charge in [0, 0.05) is 5.75 Å². The van der Waals surface area contributed by atoms with Gasteiger partial charge in [-0.3, -0.25) is 4.21 Å². The summed E-state index contributed by atoms with van der Waals surface area (Å²) in [5.41, 5.74) is 1.59. The van der Waals surface area contributed by atoms with Gasteiger partial charge < -0.3 is 0 Å². The third kappa shape index (κ3) is 1.56. The molecule has 0 fully saturated rings. The maximum atomic E-state index is 10.9. The number of rotatable bonds is 2. The van der Waals surface area contributed by atoms with Gasteiger partial charge in [-0.15, -0.1) is 0 Å². The van der Waals surface area contributed by atoms with Gasteiger partial charge in [0.05, 0.1) is 10.8 Å². The molecule has 50 valence electrons. The van der Waals surface area contributed by atoms with Crippen molar-refractivity contribution in [2.75, 3.05) is 5.75 Å². The Morgan fingerprint density at radius 1 is 1.89 bits per heavy atom. The van der Waals surface area contributed by atoms with Gasteiger partial charge in [-0.25, -0.2) is 4.98 Å². The maximum absolute atomic E-state index is 10.9. The minimum Gasteiger partial charge on any atom is -0.251 e. The van der Waals surface area contributed by atoms with E-state index in [0.717, 1.165) is 0 Å². The minimum atomic E-state index is -0.971. The fourth-order valence-electron chi connectivity index (χ4n) is 0.390. The second-order valence-corrected chi connectivity index (χ2v) is 3.59. The van der Waals surface area contributed by atoms with E-state index in [0.29, 0.717) is 10.9 Å². The molecule has 1 aromatic heterocycles. The van der Waals surface area contributed by atoms with Crippen LogP contribution in [0.5, 0.6) is 0 Å². The molecule has 0 saturated heterocycles. The van der Waals surface area contributed by atoms with Crippen LogP contribution in [0, 0.1) is 0 Å². The summed E-state index contributed by atoms with van der Waals surface area (Å²) < 4.78 is 14.7. The van der Waals surface area contributed by atoms with E-state index in [4.69, 9.17) is 0 Å². The quantitative estimate of drug-likeness (QED) is 0.641. The highest BCUT2D eigenvalue weighted by Gasteiger charge is 2.02. The highest BCUT2D eigenvalue weighted by Crippen LogP contribution is 1.99. The largest absolute Gasteiger partial charge is 0.251 e. The molecule has 1 aromatic rings. The Bertz CT molecular complexity index is 196. The molecule has 9 heavy (non-hydrogen) atoms. The van der Waals surface area contributed by atoms with Gasteiger partial charge in [-0.1, -0.05) is 6.92 Å². The first-order valence-electron chi connectivity index (χ1n) is 2.49. The van der Waals surface area contributed by atoms with E-state index in [2.05, 4.69) is 9.36 Å². The van der Waals surface area contributed by atoms with Gasteiger partial charge in [0.2, 0.25) is 5.16 Å². The summed E-state index contributed by atoms with van der Waals surface area (Å²) in [5.74, 6) is 0.594. The molecule has 1 heterocycles. The lowest BCUT2D eigenvalue weighted by Gasteiger charge is -1.85. The van der Waals surface area contributed by atoms with Crippen molar-refractivity contribution in [1.29, 1.82) is 0 Å². The number of nitrogens with zero attached hydrogens (tertiary/aromatic N) is 2. The fraction of sp³-hybridized carbons (Fsp3) is 0.500. The normalized spacial score (nSPS) is 13.4. The number of hydrogen-bond acceptors (Lipinski definition) is 4. The first-order chi connectivity index (χ1) is 4.34. The van der Waals surface area contributed by atoms with E-state index in [1.54, 1.807) is 5.51 Å². The molecule has 0 N–H and O–H groups in total. The van der Waals surface area contributed by atoms with Crippen molar-refractivity contribution < 1.29 is 4.21 Å². The van der Waals surface area contributed by atoms with Gasteiger partial charge in [0.25, 0.3) is 0 Å². The standard InChI is InChI=1S/C4H6N2OS2/c1-2-9(7)4-5-3-8-6-4/h3H,2H2,1H3. The first kappa shape index (κ1) is 6.82. The molecular formula is C4H6N2OS2. The predicted octanol–water partition coefficient (Wildman–Crippen LogP) is 0.666. The summed E-state index contributed by atoms with van der Waals surface area (Å²) in [7, 11) is -0.971. The SMILES string of the molecule is CCS(=O)c1ncsn1. The summed E-state index contributed by atoms with van der Waals surface area (Å²) in [4.78, 5) is 3.79. The van der Waals surface area contributed by atoms with Crippen LogP contribution in [-0.2, 0) is 10.8 Å². The molecule has 0 radical (unpaired) electrons. The molecule has 0 aliphatic heterocycles. The average molecular weight is 162 g/mol. The van der Waals surface area contributed by atoms with Crippen LogP contribution >= 0.6 is 11.5 Å². The Morgan fingerprint density at radius 3 is 3.11 bits per heavy atom. The van der Waals surface area contributed by atoms with Crippen molar-refractivity contribution in [2.24, 2.45) is 0 Å². The van der Waals surface area contributed by atoms with Crippen LogP contribution in [0.15, 0.2) is 10.7 Å². The zero-order chi connectivity index (χ0) is 6.69. The van der Waals surface area contributed by atoms with Crippen molar-refractivity contribution in [3.8, 4) is 0 Å². The van der Waals surface area contributed by atoms with E-state index in [1.165, 1.54) is 11.5 Å². The molecule has 0 aromatic carbocycles. The Labute approximate surface area is 59.8 Å². The number of aromatic nitrogens is 2. The fourth-order valence-corrected chi connectivity index (χ4v) is 1.68. The summed E-state index contributed by atoms with van der Waals surface area (Å²) in [6.07, 6.45) is 0. The summed E-state index contributed by atoms with van der Waals surface area (Å²) in [6.45, 7) is 1.84. The van der Waals surface area contributed by atoms with Crippen LogP contribution < -0.4 is 0 Å². The Morgan fingerprint density at radius 2 is 2.67 bits per heavy atom. The molecule has 0 bridgehead atoms. The molecule has 0 amide bonds. The van der Waals surface area contributed by atoms with Crippen LogP contribution in [0.25, 0.3) is 0 Å². The lowest BCUT2D eigenvalue weighted by molar-refractivity contribution is 0.679. The van der Waals surface area contributed by atoms with Gasteiger partial charge in [0.15, 0.2) is 0 Å². The van der Waals surface area contributed by atoms with E-state index in [-0.39, 0.29) is 0 Å². The van der Waals surface area contributed by atoms with Crippen LogP contribution in [0.3, 0.4) is 0 Å². The van der Waals surface area contributed by atoms with Crippen LogP contribution in [0.4, 0.5) is 0 Å². The summed E-state index contributed by atoms with van der Waals surface area (Å²) >= 11 is 1.23. The molecule has 0 aliphatic rings. The summed E-state index contributed by atoms with van der Waals surface area (Å²) in [5, 5.41) is 0.461. The van der Waals surface area contributed by atoms with Gasteiger partial charge in [0.1, 0.15) is 5.51 Å². The van der Waals surface area contributed by atoms with Crippen molar-refractivity contribution in [1.82, 2.24) is 9.36 Å². The Hall–Kier alpha value is -0.290. The lowest BCUT2D eigenvalue weighted by atomic mass is 11.0. The second kappa shape index (κ2) is 3.03. The third-order valence-electron chi connectivity index (χ3n) is 0.807. The van der Waals surface area contributed by atoms with E-state index in [1.807, 2.05) is 6.92 Å². The monoisotopic (exact) mass is 162 g/mol. The predicted molar refractivity (Wildman–Crippen MR) is 36.9 cm³/mol. The topological polar surface area (TPSA) is 42.9 Å². The van der Waals surface area contributed by atoms with E-state index < -0.39 is 10.8 Å². The smallest absolute Gasteiger partial charge is 0.230 e. The molecule has 5 heteroatoms. The highest BCUT2D eigenvalue weighted by atomic mass is 32.2. The van der Waals surface area contributed by atoms with Gasteiger partial charge in [-0.05, 0) is 11.5 Å². The van der Waals surface area contributed by atoms with Crippen molar-refractivity contribution in [3.63, 3.8) is 0 Å². The maximum Gasteiger partial charge on any atom is 0.230 e. The van der Waals surface area contributed by atoms with Gasteiger partial charge in [-0.2, -0.15) is 4.37 Å². The molecule has 0 aliphatic carbocycles. The van der Waals surface area contributed by atoms with E-state index >= 15 is 0 Å². The molecule has 1 atom stereocenters. The third-order valence-corrected chi connectivity index (χ3v) is 2.53. The second-order valence-electron chi connectivity index (χ2n) is 1.35. The molecule has 1 rings (SSSR count). The highest BCUT2D eigenvalue weighted by molar-refractivity contribution is 7.84. The van der Waals surface area contributed by atoms with Crippen LogP contribution in [0.1, 0.15) is 6.92 Å². The Balaban J connectivity index is 2.77. The average Bonchev–Trinajstić information content (AvgIpc) is 2.37. The zero-order valence-electron chi connectivity index (χ0n) is 4.90. The minimum absolute atomic E-state index is 0.461. The molecule has 3 nitrogen and oxygen atoms in total. The van der Waals surface area contributed by atoms with Crippen LogP contribution in [-0.4, -0.2) is 19.3 Å².